The number of hydrogen-bond donors (Lipinski definition) is 1. The van der Waals surface area contributed by atoms with Gasteiger partial charge in [-0.1, -0.05) is 42.5 Å². The fraction of sp³-hybridized carbons (Fsp3) is 0.0714. The highest BCUT2D eigenvalue weighted by molar-refractivity contribution is 7.80. The standard InChI is InChI=1S/C14H13NOS/c1-16-13-7-5-10(6-8-13)11-3-2-4-12(9-11)14(15)17/h2-9H,1H3,(H2,15,17). The molecular weight excluding hydrogens is 230 g/mol. The van der Waals surface area contributed by atoms with Gasteiger partial charge in [0.15, 0.2) is 0 Å². The van der Waals surface area contributed by atoms with Gasteiger partial charge < -0.3 is 10.5 Å². The molecule has 2 aromatic rings. The maximum absolute atomic E-state index is 5.62. The molecule has 17 heavy (non-hydrogen) atoms. The maximum atomic E-state index is 5.62. The average Bonchev–Trinajstić information content (AvgIpc) is 2.39. The van der Waals surface area contributed by atoms with Crippen molar-refractivity contribution in [2.75, 3.05) is 7.11 Å². The highest BCUT2D eigenvalue weighted by Crippen LogP contribution is 2.23. The molecule has 3 heteroatoms. The zero-order valence-corrected chi connectivity index (χ0v) is 10.3. The first-order chi connectivity index (χ1) is 8.20. The van der Waals surface area contributed by atoms with Crippen LogP contribution in [0.5, 0.6) is 5.75 Å². The maximum Gasteiger partial charge on any atom is 0.118 e. The van der Waals surface area contributed by atoms with Gasteiger partial charge in [0, 0.05) is 5.56 Å². The molecule has 0 bridgehead atoms. The third-order valence-corrected chi connectivity index (χ3v) is 2.81. The predicted octanol–water partition coefficient (Wildman–Crippen LogP) is 3.00. The number of nitrogens with two attached hydrogens (primary N) is 1. The van der Waals surface area contributed by atoms with Crippen molar-refractivity contribution in [3.05, 3.63) is 54.1 Å². The Bertz CT molecular complexity index is 534. The Morgan fingerprint density at radius 2 is 1.76 bits per heavy atom. The molecule has 0 spiro atoms. The van der Waals surface area contributed by atoms with E-state index in [1.54, 1.807) is 7.11 Å². The van der Waals surface area contributed by atoms with Crippen molar-refractivity contribution in [1.82, 2.24) is 0 Å². The Labute approximate surface area is 106 Å². The number of thiocarbonyl (C=S) groups is 1. The molecule has 2 rings (SSSR count). The van der Waals surface area contributed by atoms with E-state index in [4.69, 9.17) is 22.7 Å². The summed E-state index contributed by atoms with van der Waals surface area (Å²) < 4.78 is 5.13. The van der Waals surface area contributed by atoms with E-state index in [-0.39, 0.29) is 0 Å². The van der Waals surface area contributed by atoms with Crippen LogP contribution in [0, 0.1) is 0 Å². The minimum Gasteiger partial charge on any atom is -0.497 e. The van der Waals surface area contributed by atoms with Gasteiger partial charge in [0.05, 0.1) is 7.11 Å². The first-order valence-corrected chi connectivity index (χ1v) is 5.66. The van der Waals surface area contributed by atoms with Crippen molar-refractivity contribution in [3.8, 4) is 16.9 Å². The molecule has 0 saturated heterocycles. The van der Waals surface area contributed by atoms with Gasteiger partial charge in [-0.15, -0.1) is 0 Å². The summed E-state index contributed by atoms with van der Waals surface area (Å²) in [7, 11) is 1.66. The summed E-state index contributed by atoms with van der Waals surface area (Å²) in [4.78, 5) is 0.417. The minimum absolute atomic E-state index is 0.417. The molecule has 0 aliphatic heterocycles. The van der Waals surface area contributed by atoms with E-state index in [2.05, 4.69) is 0 Å². The van der Waals surface area contributed by atoms with Gasteiger partial charge in [-0.3, -0.25) is 0 Å². The molecule has 0 aliphatic rings. The van der Waals surface area contributed by atoms with Crippen molar-refractivity contribution in [3.63, 3.8) is 0 Å². The zero-order chi connectivity index (χ0) is 12.3. The second-order valence-corrected chi connectivity index (χ2v) is 4.11. The Balaban J connectivity index is 2.38. The highest BCUT2D eigenvalue weighted by atomic mass is 32.1. The van der Waals surface area contributed by atoms with Crippen LogP contribution in [0.15, 0.2) is 48.5 Å². The van der Waals surface area contributed by atoms with Crippen LogP contribution in [0.2, 0.25) is 0 Å². The highest BCUT2D eigenvalue weighted by Gasteiger charge is 2.01. The van der Waals surface area contributed by atoms with Gasteiger partial charge in [-0.2, -0.15) is 0 Å². The molecule has 0 heterocycles. The lowest BCUT2D eigenvalue weighted by Gasteiger charge is -2.05. The van der Waals surface area contributed by atoms with Gasteiger partial charge in [0.1, 0.15) is 10.7 Å². The summed E-state index contributed by atoms with van der Waals surface area (Å²) in [5.41, 5.74) is 8.71. The van der Waals surface area contributed by atoms with E-state index in [9.17, 15) is 0 Å². The van der Waals surface area contributed by atoms with Gasteiger partial charge in [-0.25, -0.2) is 0 Å². The first-order valence-electron chi connectivity index (χ1n) is 5.25. The second kappa shape index (κ2) is 4.97. The van der Waals surface area contributed by atoms with Crippen molar-refractivity contribution in [1.29, 1.82) is 0 Å². The van der Waals surface area contributed by atoms with Gasteiger partial charge in [0.25, 0.3) is 0 Å². The third kappa shape index (κ3) is 2.63. The average molecular weight is 243 g/mol. The summed E-state index contributed by atoms with van der Waals surface area (Å²) in [6.07, 6.45) is 0. The lowest BCUT2D eigenvalue weighted by molar-refractivity contribution is 0.415. The van der Waals surface area contributed by atoms with Crippen LogP contribution in [-0.2, 0) is 0 Å². The molecule has 0 aliphatic carbocycles. The predicted molar refractivity (Wildman–Crippen MR) is 74.3 cm³/mol. The van der Waals surface area contributed by atoms with Crippen LogP contribution in [0.3, 0.4) is 0 Å². The normalized spacial score (nSPS) is 9.94. The van der Waals surface area contributed by atoms with Crippen LogP contribution in [0.25, 0.3) is 11.1 Å². The number of benzene rings is 2. The molecular formula is C14H13NOS. The van der Waals surface area contributed by atoms with E-state index < -0.39 is 0 Å². The van der Waals surface area contributed by atoms with Crippen LogP contribution in [0.4, 0.5) is 0 Å². The molecule has 2 aromatic carbocycles. The fourth-order valence-corrected chi connectivity index (χ4v) is 1.76. The fourth-order valence-electron chi connectivity index (χ4n) is 1.64. The van der Waals surface area contributed by atoms with E-state index >= 15 is 0 Å². The lowest BCUT2D eigenvalue weighted by Crippen LogP contribution is -2.08. The Hall–Kier alpha value is -1.87. The molecule has 2 nitrogen and oxygen atoms in total. The Kier molecular flexibility index (Phi) is 3.40. The van der Waals surface area contributed by atoms with Gasteiger partial charge in [0.2, 0.25) is 0 Å². The smallest absolute Gasteiger partial charge is 0.118 e. The molecule has 0 aromatic heterocycles. The summed E-state index contributed by atoms with van der Waals surface area (Å²) in [5.74, 6) is 0.847. The van der Waals surface area contributed by atoms with Crippen molar-refractivity contribution in [2.24, 2.45) is 5.73 Å². The number of hydrogen-bond acceptors (Lipinski definition) is 2. The number of methoxy groups -OCH3 is 1. The Morgan fingerprint density at radius 1 is 1.06 bits per heavy atom. The van der Waals surface area contributed by atoms with E-state index in [1.807, 2.05) is 48.5 Å². The van der Waals surface area contributed by atoms with Gasteiger partial charge in [-0.05, 0) is 29.3 Å². The monoisotopic (exact) mass is 243 g/mol. The molecule has 0 unspecified atom stereocenters. The van der Waals surface area contributed by atoms with Crippen molar-refractivity contribution < 1.29 is 4.74 Å². The number of rotatable bonds is 3. The van der Waals surface area contributed by atoms with Crippen LogP contribution < -0.4 is 10.5 Å². The lowest BCUT2D eigenvalue weighted by atomic mass is 10.0. The van der Waals surface area contributed by atoms with Crippen LogP contribution in [-0.4, -0.2) is 12.1 Å². The van der Waals surface area contributed by atoms with E-state index in [0.717, 1.165) is 22.4 Å². The minimum atomic E-state index is 0.417. The SMILES string of the molecule is COc1ccc(-c2cccc(C(N)=S)c2)cc1. The van der Waals surface area contributed by atoms with Crippen molar-refractivity contribution >= 4 is 17.2 Å². The molecule has 0 fully saturated rings. The molecule has 0 atom stereocenters. The van der Waals surface area contributed by atoms with Crippen molar-refractivity contribution in [2.45, 2.75) is 0 Å². The van der Waals surface area contributed by atoms with Crippen LogP contribution >= 0.6 is 12.2 Å². The zero-order valence-electron chi connectivity index (χ0n) is 9.51. The van der Waals surface area contributed by atoms with Crippen LogP contribution in [0.1, 0.15) is 5.56 Å². The number of ether oxygens (including phenoxy) is 1. The summed E-state index contributed by atoms with van der Waals surface area (Å²) in [5, 5.41) is 0. The molecule has 86 valence electrons. The van der Waals surface area contributed by atoms with E-state index in [0.29, 0.717) is 4.99 Å². The molecule has 2 N–H and O–H groups in total. The summed E-state index contributed by atoms with van der Waals surface area (Å²) in [6.45, 7) is 0. The summed E-state index contributed by atoms with van der Waals surface area (Å²) >= 11 is 4.97. The second-order valence-electron chi connectivity index (χ2n) is 3.67. The topological polar surface area (TPSA) is 35.2 Å². The summed E-state index contributed by atoms with van der Waals surface area (Å²) in [6, 6.07) is 15.8. The van der Waals surface area contributed by atoms with E-state index in [1.165, 1.54) is 0 Å². The van der Waals surface area contributed by atoms with Gasteiger partial charge >= 0.3 is 0 Å². The molecule has 0 saturated carbocycles. The largest absolute Gasteiger partial charge is 0.497 e. The first kappa shape index (κ1) is 11.6. The quantitative estimate of drug-likeness (QED) is 0.842. The third-order valence-electron chi connectivity index (χ3n) is 2.57. The molecule has 0 amide bonds. The Morgan fingerprint density at radius 3 is 2.35 bits per heavy atom. The molecule has 0 radical (unpaired) electrons.